The zero-order valence-corrected chi connectivity index (χ0v) is 15.0. The van der Waals surface area contributed by atoms with Crippen LogP contribution in [0.4, 0.5) is 5.69 Å². The monoisotopic (exact) mass is 309 g/mol. The minimum atomic E-state index is 1.21. The molecule has 0 atom stereocenters. The van der Waals surface area contributed by atoms with Crippen LogP contribution in [0.25, 0.3) is 11.1 Å². The molecule has 0 saturated heterocycles. The first-order valence-corrected chi connectivity index (χ1v) is 9.07. The predicted octanol–water partition coefficient (Wildman–Crippen LogP) is 6.32. The number of hydrogen-bond donors (Lipinski definition) is 0. The van der Waals surface area contributed by atoms with Crippen molar-refractivity contribution in [1.82, 2.24) is 0 Å². The van der Waals surface area contributed by atoms with E-state index in [0.717, 1.165) is 0 Å². The lowest BCUT2D eigenvalue weighted by molar-refractivity contribution is 0.607. The summed E-state index contributed by atoms with van der Waals surface area (Å²) >= 11 is 0. The second-order valence-corrected chi connectivity index (χ2v) is 6.66. The average molecular weight is 309 g/mol. The van der Waals surface area contributed by atoms with E-state index >= 15 is 0 Å². The Balaban J connectivity index is 1.88. The lowest BCUT2D eigenvalue weighted by Crippen LogP contribution is -2.08. The molecule has 1 heteroatoms. The zero-order valence-electron chi connectivity index (χ0n) is 15.0. The van der Waals surface area contributed by atoms with E-state index in [9.17, 15) is 0 Å². The molecule has 0 bridgehead atoms. The van der Waals surface area contributed by atoms with E-state index in [2.05, 4.69) is 74.4 Å². The van der Waals surface area contributed by atoms with Crippen LogP contribution < -0.4 is 4.90 Å². The van der Waals surface area contributed by atoms with Gasteiger partial charge in [-0.15, -0.1) is 0 Å². The van der Waals surface area contributed by atoms with Crippen molar-refractivity contribution in [3.05, 3.63) is 54.1 Å². The lowest BCUT2D eigenvalue weighted by Gasteiger charge is -2.13. The fourth-order valence-electron chi connectivity index (χ4n) is 2.94. The maximum Gasteiger partial charge on any atom is 0.0367 e. The largest absolute Gasteiger partial charge is 0.378 e. The van der Waals surface area contributed by atoms with E-state index in [1.54, 1.807) is 0 Å². The molecule has 0 aliphatic carbocycles. The Kier molecular flexibility index (Phi) is 7.19. The zero-order chi connectivity index (χ0) is 16.5. The van der Waals surface area contributed by atoms with Gasteiger partial charge in [-0.1, -0.05) is 75.4 Å². The van der Waals surface area contributed by atoms with Gasteiger partial charge >= 0.3 is 0 Å². The Morgan fingerprint density at radius 1 is 0.739 bits per heavy atom. The molecule has 2 rings (SSSR count). The van der Waals surface area contributed by atoms with Crippen molar-refractivity contribution < 1.29 is 0 Å². The Morgan fingerprint density at radius 3 is 2.13 bits per heavy atom. The summed E-state index contributed by atoms with van der Waals surface area (Å²) in [5, 5.41) is 0. The quantitative estimate of drug-likeness (QED) is 0.490. The first-order valence-electron chi connectivity index (χ1n) is 9.07. The van der Waals surface area contributed by atoms with Crippen molar-refractivity contribution in [3.8, 4) is 11.1 Å². The summed E-state index contributed by atoms with van der Waals surface area (Å²) in [5.41, 5.74) is 5.31. The fourth-order valence-corrected chi connectivity index (χ4v) is 2.94. The van der Waals surface area contributed by atoms with Gasteiger partial charge in [-0.2, -0.15) is 0 Å². The van der Waals surface area contributed by atoms with Gasteiger partial charge in [0.05, 0.1) is 0 Å². The molecule has 0 radical (unpaired) electrons. The van der Waals surface area contributed by atoms with E-state index in [-0.39, 0.29) is 0 Å². The van der Waals surface area contributed by atoms with Crippen LogP contribution in [-0.4, -0.2) is 14.1 Å². The molecule has 0 aromatic heterocycles. The second kappa shape index (κ2) is 9.39. The molecule has 2 aromatic carbocycles. The molecule has 124 valence electrons. The van der Waals surface area contributed by atoms with E-state index in [1.165, 1.54) is 67.3 Å². The molecule has 23 heavy (non-hydrogen) atoms. The first kappa shape index (κ1) is 17.6. The molecule has 0 spiro atoms. The van der Waals surface area contributed by atoms with Crippen molar-refractivity contribution >= 4 is 5.69 Å². The molecule has 0 saturated carbocycles. The van der Waals surface area contributed by atoms with Gasteiger partial charge in [0.2, 0.25) is 0 Å². The summed E-state index contributed by atoms with van der Waals surface area (Å²) in [7, 11) is 4.17. The summed E-state index contributed by atoms with van der Waals surface area (Å²) < 4.78 is 0. The summed E-state index contributed by atoms with van der Waals surface area (Å²) in [5.74, 6) is 0. The molecule has 0 fully saturated rings. The van der Waals surface area contributed by atoms with Gasteiger partial charge in [0, 0.05) is 19.8 Å². The topological polar surface area (TPSA) is 3.24 Å². The number of nitrogens with zero attached hydrogens (tertiary/aromatic N) is 1. The van der Waals surface area contributed by atoms with Crippen LogP contribution in [0.5, 0.6) is 0 Å². The highest BCUT2D eigenvalue weighted by Gasteiger charge is 2.01. The molecular weight excluding hydrogens is 278 g/mol. The highest BCUT2D eigenvalue weighted by Crippen LogP contribution is 2.24. The maximum absolute atomic E-state index is 2.30. The first-order chi connectivity index (χ1) is 11.2. The molecule has 0 unspecified atom stereocenters. The van der Waals surface area contributed by atoms with Crippen molar-refractivity contribution in [1.29, 1.82) is 0 Å². The Hall–Kier alpha value is -1.76. The molecule has 0 aliphatic heterocycles. The van der Waals surface area contributed by atoms with Crippen LogP contribution in [0, 0.1) is 0 Å². The van der Waals surface area contributed by atoms with Gasteiger partial charge in [-0.3, -0.25) is 0 Å². The van der Waals surface area contributed by atoms with E-state index in [0.29, 0.717) is 0 Å². The molecule has 1 nitrogen and oxygen atoms in total. The Labute approximate surface area is 142 Å². The SMILES string of the molecule is CCCCCCCCc1ccc(-c2cccc(N(C)C)c2)cc1. The van der Waals surface area contributed by atoms with E-state index in [4.69, 9.17) is 0 Å². The maximum atomic E-state index is 2.30. The van der Waals surface area contributed by atoms with Crippen LogP contribution in [0.15, 0.2) is 48.5 Å². The summed E-state index contributed by atoms with van der Waals surface area (Å²) in [6.07, 6.45) is 9.41. The molecule has 0 amide bonds. The minimum Gasteiger partial charge on any atom is -0.378 e. The van der Waals surface area contributed by atoms with Crippen molar-refractivity contribution in [3.63, 3.8) is 0 Å². The molecule has 2 aromatic rings. The van der Waals surface area contributed by atoms with Crippen molar-refractivity contribution in [2.45, 2.75) is 51.9 Å². The molecular formula is C22H31N. The van der Waals surface area contributed by atoms with Crippen molar-refractivity contribution in [2.75, 3.05) is 19.0 Å². The third kappa shape index (κ3) is 5.74. The third-order valence-electron chi connectivity index (χ3n) is 4.47. The molecule has 0 aliphatic rings. The highest BCUT2D eigenvalue weighted by molar-refractivity contribution is 5.68. The number of benzene rings is 2. The number of hydrogen-bond acceptors (Lipinski definition) is 1. The van der Waals surface area contributed by atoms with E-state index in [1.807, 2.05) is 0 Å². The number of rotatable bonds is 9. The predicted molar refractivity (Wildman–Crippen MR) is 103 cm³/mol. The van der Waals surface area contributed by atoms with E-state index < -0.39 is 0 Å². The van der Waals surface area contributed by atoms with Crippen LogP contribution in [0.3, 0.4) is 0 Å². The molecule has 0 N–H and O–H groups in total. The summed E-state index contributed by atoms with van der Waals surface area (Å²) in [4.78, 5) is 2.15. The Morgan fingerprint density at radius 2 is 1.43 bits per heavy atom. The summed E-state index contributed by atoms with van der Waals surface area (Å²) in [6.45, 7) is 2.27. The normalized spacial score (nSPS) is 10.7. The molecule has 0 heterocycles. The second-order valence-electron chi connectivity index (χ2n) is 6.66. The van der Waals surface area contributed by atoms with Gasteiger partial charge in [0.1, 0.15) is 0 Å². The smallest absolute Gasteiger partial charge is 0.0367 e. The standard InChI is InChI=1S/C22H31N/c1-4-5-6-7-8-9-11-19-14-16-20(17-15-19)21-12-10-13-22(18-21)23(2)3/h10,12-18H,4-9,11H2,1-3H3. The average Bonchev–Trinajstić information content (AvgIpc) is 2.58. The van der Waals surface area contributed by atoms with Crippen LogP contribution in [0.2, 0.25) is 0 Å². The Bertz CT molecular complexity index is 569. The van der Waals surface area contributed by atoms with Gasteiger partial charge in [0.25, 0.3) is 0 Å². The van der Waals surface area contributed by atoms with Crippen LogP contribution in [0.1, 0.15) is 51.0 Å². The van der Waals surface area contributed by atoms with Gasteiger partial charge < -0.3 is 4.90 Å². The minimum absolute atomic E-state index is 1.21. The van der Waals surface area contributed by atoms with Gasteiger partial charge in [-0.05, 0) is 41.7 Å². The summed E-state index contributed by atoms with van der Waals surface area (Å²) in [6, 6.07) is 17.8. The van der Waals surface area contributed by atoms with Crippen molar-refractivity contribution in [2.24, 2.45) is 0 Å². The lowest BCUT2D eigenvalue weighted by atomic mass is 10.0. The number of unbranched alkanes of at least 4 members (excludes halogenated alkanes) is 5. The highest BCUT2D eigenvalue weighted by atomic mass is 15.1. The third-order valence-corrected chi connectivity index (χ3v) is 4.47. The van der Waals surface area contributed by atoms with Gasteiger partial charge in [0.15, 0.2) is 0 Å². The number of aryl methyl sites for hydroxylation is 1. The van der Waals surface area contributed by atoms with Crippen LogP contribution >= 0.6 is 0 Å². The fraction of sp³-hybridized carbons (Fsp3) is 0.455. The number of anilines is 1. The van der Waals surface area contributed by atoms with Crippen LogP contribution in [-0.2, 0) is 6.42 Å². The van der Waals surface area contributed by atoms with Gasteiger partial charge in [-0.25, -0.2) is 0 Å².